The molecule has 0 aliphatic carbocycles. The Morgan fingerprint density at radius 1 is 1.73 bits per heavy atom. The molecule has 0 fully saturated rings. The maximum absolute atomic E-state index is 10.7. The first-order chi connectivity index (χ1) is 5.09. The van der Waals surface area contributed by atoms with Gasteiger partial charge in [-0.05, 0) is 19.9 Å². The Kier molecular flexibility index (Phi) is 2.68. The molecule has 3 heteroatoms. The number of rotatable bonds is 2. The number of ketones is 1. The van der Waals surface area contributed by atoms with Crippen LogP contribution >= 0.6 is 22.9 Å². The third-order valence-corrected chi connectivity index (χ3v) is 2.79. The van der Waals surface area contributed by atoms with E-state index in [1.807, 2.05) is 13.0 Å². The van der Waals surface area contributed by atoms with E-state index in [1.54, 1.807) is 18.3 Å². The summed E-state index contributed by atoms with van der Waals surface area (Å²) >= 11 is 7.44. The van der Waals surface area contributed by atoms with Crippen LogP contribution < -0.4 is 0 Å². The van der Waals surface area contributed by atoms with Gasteiger partial charge in [-0.15, -0.1) is 11.3 Å². The van der Waals surface area contributed by atoms with Crippen LogP contribution in [-0.4, -0.2) is 5.78 Å². The average molecular weight is 189 g/mol. The van der Waals surface area contributed by atoms with Crippen LogP contribution in [0.4, 0.5) is 0 Å². The fourth-order valence-corrected chi connectivity index (χ4v) is 2.29. The second-order valence-corrected chi connectivity index (χ2v) is 4.26. The van der Waals surface area contributed by atoms with Crippen molar-refractivity contribution >= 4 is 28.7 Å². The summed E-state index contributed by atoms with van der Waals surface area (Å²) in [6.45, 7) is 3.56. The van der Waals surface area contributed by atoms with Crippen molar-refractivity contribution in [1.82, 2.24) is 0 Å². The zero-order valence-corrected chi connectivity index (χ0v) is 8.05. The highest BCUT2D eigenvalue weighted by Crippen LogP contribution is 2.26. The van der Waals surface area contributed by atoms with Crippen molar-refractivity contribution in [2.24, 2.45) is 0 Å². The van der Waals surface area contributed by atoms with E-state index < -0.39 is 0 Å². The van der Waals surface area contributed by atoms with Gasteiger partial charge in [0.15, 0.2) is 0 Å². The van der Waals surface area contributed by atoms with Crippen LogP contribution in [0.5, 0.6) is 0 Å². The van der Waals surface area contributed by atoms with Gasteiger partial charge >= 0.3 is 0 Å². The maximum atomic E-state index is 10.7. The molecule has 1 nitrogen and oxygen atoms in total. The molecule has 0 bridgehead atoms. The molecule has 60 valence electrons. The SMILES string of the molecule is CC(=O)Cc1sc(C)cc1Cl. The Morgan fingerprint density at radius 3 is 2.73 bits per heavy atom. The maximum Gasteiger partial charge on any atom is 0.135 e. The molecule has 0 atom stereocenters. The average Bonchev–Trinajstić information content (AvgIpc) is 2.09. The number of hydrogen-bond acceptors (Lipinski definition) is 2. The van der Waals surface area contributed by atoms with Crippen LogP contribution in [-0.2, 0) is 11.2 Å². The molecule has 0 radical (unpaired) electrons. The molecule has 0 aliphatic rings. The molecule has 0 saturated heterocycles. The lowest BCUT2D eigenvalue weighted by Crippen LogP contribution is -1.93. The Morgan fingerprint density at radius 2 is 2.36 bits per heavy atom. The predicted molar refractivity (Wildman–Crippen MR) is 48.5 cm³/mol. The smallest absolute Gasteiger partial charge is 0.135 e. The Hall–Kier alpha value is -0.340. The summed E-state index contributed by atoms with van der Waals surface area (Å²) in [6, 6.07) is 1.89. The van der Waals surface area contributed by atoms with Crippen molar-refractivity contribution in [3.05, 3.63) is 20.8 Å². The van der Waals surface area contributed by atoms with Gasteiger partial charge in [-0.3, -0.25) is 4.79 Å². The Balaban J connectivity index is 2.85. The topological polar surface area (TPSA) is 17.1 Å². The normalized spacial score (nSPS) is 10.1. The standard InChI is InChI=1S/C8H9ClOS/c1-5(10)3-8-7(9)4-6(2)11-8/h4H,3H2,1-2H3. The van der Waals surface area contributed by atoms with Gasteiger partial charge in [0.1, 0.15) is 5.78 Å². The van der Waals surface area contributed by atoms with Crippen molar-refractivity contribution in [2.75, 3.05) is 0 Å². The molecule has 0 unspecified atom stereocenters. The molecule has 0 spiro atoms. The molecule has 0 N–H and O–H groups in total. The first kappa shape index (κ1) is 8.75. The van der Waals surface area contributed by atoms with E-state index in [1.165, 1.54) is 0 Å². The van der Waals surface area contributed by atoms with Gasteiger partial charge in [0.25, 0.3) is 0 Å². The molecule has 1 aromatic heterocycles. The number of aryl methyl sites for hydroxylation is 1. The number of carbonyl (C=O) groups is 1. The zero-order valence-electron chi connectivity index (χ0n) is 6.48. The highest BCUT2D eigenvalue weighted by Gasteiger charge is 2.06. The number of hydrogen-bond donors (Lipinski definition) is 0. The van der Waals surface area contributed by atoms with Gasteiger partial charge in [-0.25, -0.2) is 0 Å². The summed E-state index contributed by atoms with van der Waals surface area (Å²) in [5, 5.41) is 0.725. The van der Waals surface area contributed by atoms with E-state index in [4.69, 9.17) is 11.6 Å². The van der Waals surface area contributed by atoms with E-state index in [0.29, 0.717) is 6.42 Å². The van der Waals surface area contributed by atoms with Crippen LogP contribution in [0.3, 0.4) is 0 Å². The summed E-state index contributed by atoms with van der Waals surface area (Å²) < 4.78 is 0. The predicted octanol–water partition coefficient (Wildman–Crippen LogP) is 2.84. The third kappa shape index (κ3) is 2.31. The summed E-state index contributed by atoms with van der Waals surface area (Å²) in [5.74, 6) is 0.161. The van der Waals surface area contributed by atoms with Crippen molar-refractivity contribution in [2.45, 2.75) is 20.3 Å². The minimum atomic E-state index is 0.161. The summed E-state index contributed by atoms with van der Waals surface area (Å²) in [6.07, 6.45) is 0.470. The molecule has 1 aromatic rings. The van der Waals surface area contributed by atoms with Gasteiger partial charge in [0, 0.05) is 16.2 Å². The van der Waals surface area contributed by atoms with Gasteiger partial charge in [-0.1, -0.05) is 11.6 Å². The van der Waals surface area contributed by atoms with E-state index >= 15 is 0 Å². The van der Waals surface area contributed by atoms with E-state index in [2.05, 4.69) is 0 Å². The monoisotopic (exact) mass is 188 g/mol. The largest absolute Gasteiger partial charge is 0.300 e. The molecule has 0 amide bonds. The molecule has 1 heterocycles. The fraction of sp³-hybridized carbons (Fsp3) is 0.375. The zero-order chi connectivity index (χ0) is 8.43. The number of halogens is 1. The van der Waals surface area contributed by atoms with E-state index in [-0.39, 0.29) is 5.78 Å². The van der Waals surface area contributed by atoms with Gasteiger partial charge in [-0.2, -0.15) is 0 Å². The first-order valence-electron chi connectivity index (χ1n) is 3.34. The van der Waals surface area contributed by atoms with Crippen LogP contribution in [0.25, 0.3) is 0 Å². The van der Waals surface area contributed by atoms with Crippen molar-refractivity contribution in [1.29, 1.82) is 0 Å². The third-order valence-electron chi connectivity index (χ3n) is 1.29. The summed E-state index contributed by atoms with van der Waals surface area (Å²) in [5.41, 5.74) is 0. The first-order valence-corrected chi connectivity index (χ1v) is 4.53. The molecular weight excluding hydrogens is 180 g/mol. The van der Waals surface area contributed by atoms with Crippen LogP contribution in [0.1, 0.15) is 16.7 Å². The fourth-order valence-electron chi connectivity index (χ4n) is 0.878. The molecule has 0 aromatic carbocycles. The summed E-state index contributed by atoms with van der Waals surface area (Å²) in [4.78, 5) is 12.9. The Bertz CT molecular complexity index is 278. The molecular formula is C8H9ClOS. The molecule has 1 rings (SSSR count). The number of carbonyl (C=O) groups excluding carboxylic acids is 1. The van der Waals surface area contributed by atoms with E-state index in [9.17, 15) is 4.79 Å². The van der Waals surface area contributed by atoms with Crippen molar-refractivity contribution in [3.63, 3.8) is 0 Å². The highest BCUT2D eigenvalue weighted by molar-refractivity contribution is 7.12. The number of Topliss-reactive ketones (excluding diaryl/α,β-unsaturated/α-hetero) is 1. The lowest BCUT2D eigenvalue weighted by atomic mass is 10.3. The highest BCUT2D eigenvalue weighted by atomic mass is 35.5. The van der Waals surface area contributed by atoms with Gasteiger partial charge in [0.2, 0.25) is 0 Å². The summed E-state index contributed by atoms with van der Waals surface area (Å²) in [7, 11) is 0. The van der Waals surface area contributed by atoms with Crippen LogP contribution in [0.2, 0.25) is 5.02 Å². The van der Waals surface area contributed by atoms with Gasteiger partial charge in [0.05, 0.1) is 5.02 Å². The molecule has 11 heavy (non-hydrogen) atoms. The van der Waals surface area contributed by atoms with E-state index in [0.717, 1.165) is 14.8 Å². The lowest BCUT2D eigenvalue weighted by molar-refractivity contribution is -0.116. The Labute approximate surface area is 75.0 Å². The minimum Gasteiger partial charge on any atom is -0.300 e. The molecule has 0 saturated carbocycles. The van der Waals surface area contributed by atoms with Crippen molar-refractivity contribution in [3.8, 4) is 0 Å². The van der Waals surface area contributed by atoms with Crippen LogP contribution in [0, 0.1) is 6.92 Å². The molecule has 0 aliphatic heterocycles. The van der Waals surface area contributed by atoms with Crippen LogP contribution in [0.15, 0.2) is 6.07 Å². The second-order valence-electron chi connectivity index (χ2n) is 2.51. The van der Waals surface area contributed by atoms with Gasteiger partial charge < -0.3 is 0 Å². The lowest BCUT2D eigenvalue weighted by Gasteiger charge is -1.90. The number of thiophene rings is 1. The second kappa shape index (κ2) is 3.37. The minimum absolute atomic E-state index is 0.161. The quantitative estimate of drug-likeness (QED) is 0.698. The van der Waals surface area contributed by atoms with Crippen molar-refractivity contribution < 1.29 is 4.79 Å².